The zero-order valence-corrected chi connectivity index (χ0v) is 12.4. The predicted molar refractivity (Wildman–Crippen MR) is 82.0 cm³/mol. The van der Waals surface area contributed by atoms with E-state index in [2.05, 4.69) is 31.1 Å². The van der Waals surface area contributed by atoms with Crippen molar-refractivity contribution >= 4 is 16.8 Å². The molecule has 0 radical (unpaired) electrons. The largest absolute Gasteiger partial charge is 0.358 e. The van der Waals surface area contributed by atoms with Crippen molar-refractivity contribution in [2.24, 2.45) is 5.92 Å². The molecule has 1 heterocycles. The van der Waals surface area contributed by atoms with Gasteiger partial charge >= 0.3 is 0 Å². The molecule has 3 nitrogen and oxygen atoms in total. The number of benzene rings is 1. The van der Waals surface area contributed by atoms with Gasteiger partial charge in [-0.2, -0.15) is 0 Å². The summed E-state index contributed by atoms with van der Waals surface area (Å²) in [5.41, 5.74) is 4.25. The molecular weight excluding hydrogens is 248 g/mol. The van der Waals surface area contributed by atoms with Crippen molar-refractivity contribution in [3.8, 4) is 0 Å². The third-order valence-corrected chi connectivity index (χ3v) is 4.79. The van der Waals surface area contributed by atoms with Gasteiger partial charge in [0.25, 0.3) is 5.91 Å². The Kier molecular flexibility index (Phi) is 3.28. The summed E-state index contributed by atoms with van der Waals surface area (Å²) in [6, 6.07) is 6.18. The molecule has 0 spiro atoms. The SMILES string of the molecule is Cc1[nH]c2ccc(C(=O)NC(C)C3CCC3)cc2c1C. The Bertz CT molecular complexity index is 652. The van der Waals surface area contributed by atoms with Crippen LogP contribution in [0.4, 0.5) is 0 Å². The van der Waals surface area contributed by atoms with Gasteiger partial charge in [0.1, 0.15) is 0 Å². The van der Waals surface area contributed by atoms with Crippen molar-refractivity contribution in [1.82, 2.24) is 10.3 Å². The highest BCUT2D eigenvalue weighted by atomic mass is 16.1. The first-order valence-corrected chi connectivity index (χ1v) is 7.46. The number of fused-ring (bicyclic) bond motifs is 1. The van der Waals surface area contributed by atoms with Crippen LogP contribution in [0.2, 0.25) is 0 Å². The molecule has 1 aliphatic rings. The number of nitrogens with one attached hydrogen (secondary N) is 2. The lowest BCUT2D eigenvalue weighted by molar-refractivity contribution is 0.0909. The predicted octanol–water partition coefficient (Wildman–Crippen LogP) is 3.70. The van der Waals surface area contributed by atoms with Crippen LogP contribution in [0.15, 0.2) is 18.2 Å². The van der Waals surface area contributed by atoms with E-state index >= 15 is 0 Å². The fraction of sp³-hybridized carbons (Fsp3) is 0.471. The van der Waals surface area contributed by atoms with Crippen LogP contribution in [0.25, 0.3) is 10.9 Å². The lowest BCUT2D eigenvalue weighted by Crippen LogP contribution is -2.40. The van der Waals surface area contributed by atoms with Crippen molar-refractivity contribution < 1.29 is 4.79 Å². The summed E-state index contributed by atoms with van der Waals surface area (Å²) in [6.07, 6.45) is 3.80. The first-order valence-electron chi connectivity index (χ1n) is 7.46. The zero-order valence-electron chi connectivity index (χ0n) is 12.4. The summed E-state index contributed by atoms with van der Waals surface area (Å²) in [5.74, 6) is 0.712. The van der Waals surface area contributed by atoms with Crippen LogP contribution in [0.5, 0.6) is 0 Å². The average molecular weight is 270 g/mol. The summed E-state index contributed by atoms with van der Waals surface area (Å²) in [6.45, 7) is 6.27. The van der Waals surface area contributed by atoms with E-state index in [1.54, 1.807) is 0 Å². The van der Waals surface area contributed by atoms with Crippen molar-refractivity contribution in [3.63, 3.8) is 0 Å². The Labute approximate surface area is 119 Å². The molecule has 1 unspecified atom stereocenters. The fourth-order valence-corrected chi connectivity index (χ4v) is 2.95. The second-order valence-corrected chi connectivity index (χ2v) is 6.09. The summed E-state index contributed by atoms with van der Waals surface area (Å²) < 4.78 is 0. The number of H-pyrrole nitrogens is 1. The lowest BCUT2D eigenvalue weighted by Gasteiger charge is -2.31. The summed E-state index contributed by atoms with van der Waals surface area (Å²) in [5, 5.41) is 4.28. The molecule has 1 amide bonds. The number of aromatic nitrogens is 1. The smallest absolute Gasteiger partial charge is 0.251 e. The summed E-state index contributed by atoms with van der Waals surface area (Å²) in [7, 11) is 0. The third-order valence-electron chi connectivity index (χ3n) is 4.79. The van der Waals surface area contributed by atoms with Crippen LogP contribution in [0.3, 0.4) is 0 Å². The second-order valence-electron chi connectivity index (χ2n) is 6.09. The van der Waals surface area contributed by atoms with Crippen LogP contribution in [-0.4, -0.2) is 16.9 Å². The van der Waals surface area contributed by atoms with Gasteiger partial charge in [-0.3, -0.25) is 4.79 Å². The first-order chi connectivity index (χ1) is 9.56. The molecule has 3 heteroatoms. The second kappa shape index (κ2) is 4.97. The minimum atomic E-state index is 0.0459. The summed E-state index contributed by atoms with van der Waals surface area (Å²) >= 11 is 0. The molecule has 0 bridgehead atoms. The Morgan fingerprint density at radius 3 is 2.75 bits per heavy atom. The van der Waals surface area contributed by atoms with E-state index in [4.69, 9.17) is 0 Å². The molecule has 2 N–H and O–H groups in total. The van der Waals surface area contributed by atoms with Gasteiger partial charge in [0, 0.05) is 28.2 Å². The quantitative estimate of drug-likeness (QED) is 0.877. The van der Waals surface area contributed by atoms with Crippen molar-refractivity contribution in [1.29, 1.82) is 0 Å². The Morgan fingerprint density at radius 1 is 1.35 bits per heavy atom. The molecule has 20 heavy (non-hydrogen) atoms. The maximum absolute atomic E-state index is 12.3. The number of aromatic amines is 1. The normalized spacial score (nSPS) is 16.9. The lowest BCUT2D eigenvalue weighted by atomic mass is 9.80. The number of aryl methyl sites for hydroxylation is 2. The van der Waals surface area contributed by atoms with E-state index < -0.39 is 0 Å². The number of rotatable bonds is 3. The van der Waals surface area contributed by atoms with E-state index in [9.17, 15) is 4.79 Å². The summed E-state index contributed by atoms with van der Waals surface area (Å²) in [4.78, 5) is 15.7. The van der Waals surface area contributed by atoms with Gasteiger partial charge < -0.3 is 10.3 Å². The molecule has 1 fully saturated rings. The zero-order chi connectivity index (χ0) is 14.3. The van der Waals surface area contributed by atoms with E-state index in [0.29, 0.717) is 5.92 Å². The van der Waals surface area contributed by atoms with Crippen LogP contribution in [0, 0.1) is 19.8 Å². The molecule has 1 aromatic carbocycles. The molecule has 2 aromatic rings. The van der Waals surface area contributed by atoms with E-state index in [1.807, 2.05) is 18.2 Å². The van der Waals surface area contributed by atoms with Crippen LogP contribution >= 0.6 is 0 Å². The van der Waals surface area contributed by atoms with Crippen LogP contribution in [-0.2, 0) is 0 Å². The van der Waals surface area contributed by atoms with Gasteiger partial charge in [0.15, 0.2) is 0 Å². The number of hydrogen-bond donors (Lipinski definition) is 2. The van der Waals surface area contributed by atoms with Crippen molar-refractivity contribution in [2.75, 3.05) is 0 Å². The number of carbonyl (C=O) groups excluding carboxylic acids is 1. The number of hydrogen-bond acceptors (Lipinski definition) is 1. The highest BCUT2D eigenvalue weighted by Gasteiger charge is 2.25. The van der Waals surface area contributed by atoms with E-state index in [-0.39, 0.29) is 11.9 Å². The third kappa shape index (κ3) is 2.21. The molecule has 1 saturated carbocycles. The Morgan fingerprint density at radius 2 is 2.10 bits per heavy atom. The standard InChI is InChI=1S/C17H22N2O/c1-10-11(2)18-16-8-7-14(9-15(10)16)17(20)19-12(3)13-5-4-6-13/h7-9,12-13,18H,4-6H2,1-3H3,(H,19,20). The molecule has 106 valence electrons. The van der Waals surface area contributed by atoms with Crippen LogP contribution in [0.1, 0.15) is 47.8 Å². The monoisotopic (exact) mass is 270 g/mol. The van der Waals surface area contributed by atoms with Gasteiger partial charge in [-0.15, -0.1) is 0 Å². The van der Waals surface area contributed by atoms with Crippen molar-refractivity contribution in [3.05, 3.63) is 35.0 Å². The maximum atomic E-state index is 12.3. The Balaban J connectivity index is 1.82. The fourth-order valence-electron chi connectivity index (χ4n) is 2.95. The van der Waals surface area contributed by atoms with E-state index in [1.165, 1.54) is 30.5 Å². The molecule has 0 aliphatic heterocycles. The number of carbonyl (C=O) groups is 1. The first kappa shape index (κ1) is 13.2. The molecule has 1 atom stereocenters. The van der Waals surface area contributed by atoms with Gasteiger partial charge in [-0.1, -0.05) is 6.42 Å². The molecule has 0 saturated heterocycles. The topological polar surface area (TPSA) is 44.9 Å². The Hall–Kier alpha value is -1.77. The highest BCUT2D eigenvalue weighted by molar-refractivity contribution is 5.99. The van der Waals surface area contributed by atoms with Crippen LogP contribution < -0.4 is 5.32 Å². The minimum absolute atomic E-state index is 0.0459. The van der Waals surface area contributed by atoms with Gasteiger partial charge in [0.2, 0.25) is 0 Å². The maximum Gasteiger partial charge on any atom is 0.251 e. The van der Waals surface area contributed by atoms with Gasteiger partial charge in [0.05, 0.1) is 0 Å². The highest BCUT2D eigenvalue weighted by Crippen LogP contribution is 2.29. The average Bonchev–Trinajstić information content (AvgIpc) is 2.62. The van der Waals surface area contributed by atoms with Gasteiger partial charge in [-0.25, -0.2) is 0 Å². The van der Waals surface area contributed by atoms with E-state index in [0.717, 1.165) is 16.5 Å². The molecular formula is C17H22N2O. The number of amides is 1. The molecule has 1 aliphatic carbocycles. The molecule has 1 aromatic heterocycles. The van der Waals surface area contributed by atoms with Crippen molar-refractivity contribution in [2.45, 2.75) is 46.1 Å². The molecule has 3 rings (SSSR count). The minimum Gasteiger partial charge on any atom is -0.358 e. The van der Waals surface area contributed by atoms with Gasteiger partial charge in [-0.05, 0) is 63.3 Å².